The minimum atomic E-state index is -0.590. The summed E-state index contributed by atoms with van der Waals surface area (Å²) in [7, 11) is 0. The Balaban J connectivity index is 1.94. The van der Waals surface area contributed by atoms with E-state index in [1.165, 1.54) is 0 Å². The van der Waals surface area contributed by atoms with Crippen LogP contribution >= 0.6 is 23.4 Å². The molecule has 2 amide bonds. The van der Waals surface area contributed by atoms with Gasteiger partial charge in [0.25, 0.3) is 5.91 Å². The maximum atomic E-state index is 12.4. The third kappa shape index (κ3) is 5.69. The lowest BCUT2D eigenvalue weighted by Gasteiger charge is -2.20. The number of benzene rings is 1. The van der Waals surface area contributed by atoms with E-state index in [2.05, 4.69) is 10.6 Å². The van der Waals surface area contributed by atoms with Crippen LogP contribution in [0.1, 0.15) is 29.6 Å². The molecule has 0 aliphatic heterocycles. The maximum Gasteiger partial charge on any atom is 0.253 e. The molecule has 0 heterocycles. The lowest BCUT2D eigenvalue weighted by atomic mass is 10.1. The fourth-order valence-electron chi connectivity index (χ4n) is 2.42. The number of nitrogens with two attached hydrogens (primary N) is 1. The van der Waals surface area contributed by atoms with Crippen LogP contribution in [0.4, 0.5) is 0 Å². The smallest absolute Gasteiger partial charge is 0.253 e. The number of halogens is 1. The average molecular weight is 370 g/mol. The average Bonchev–Trinajstić information content (AvgIpc) is 3.41. The third-order valence-corrected chi connectivity index (χ3v) is 5.06. The molecule has 1 saturated carbocycles. The number of hydrogen-bond acceptors (Lipinski definition) is 4. The molecule has 4 N–H and O–H groups in total. The molecule has 1 aromatic carbocycles. The van der Waals surface area contributed by atoms with Gasteiger partial charge in [0.15, 0.2) is 0 Å². The van der Waals surface area contributed by atoms with Crippen LogP contribution in [0, 0.1) is 5.92 Å². The van der Waals surface area contributed by atoms with Gasteiger partial charge in [0.1, 0.15) is 6.04 Å². The minimum absolute atomic E-state index is 0.00517. The SMILES string of the molecule is CSCCC(NC(=O)c1ccccc1Cl)C(=O)NCC(N)C1CC1. The maximum absolute atomic E-state index is 12.4. The predicted molar refractivity (Wildman–Crippen MR) is 99.4 cm³/mol. The number of carbonyl (C=O) groups excluding carboxylic acids is 2. The summed E-state index contributed by atoms with van der Waals surface area (Å²) in [4.78, 5) is 24.8. The molecule has 132 valence electrons. The summed E-state index contributed by atoms with van der Waals surface area (Å²) in [6, 6.07) is 6.21. The van der Waals surface area contributed by atoms with Crippen molar-refractivity contribution in [2.24, 2.45) is 11.7 Å². The molecule has 1 aromatic rings. The number of carbonyl (C=O) groups is 2. The van der Waals surface area contributed by atoms with Crippen molar-refractivity contribution in [3.8, 4) is 0 Å². The number of nitrogens with one attached hydrogen (secondary N) is 2. The molecule has 0 aromatic heterocycles. The molecule has 1 aliphatic rings. The van der Waals surface area contributed by atoms with Crippen LogP contribution in [0.2, 0.25) is 5.02 Å². The largest absolute Gasteiger partial charge is 0.353 e. The highest BCUT2D eigenvalue weighted by Crippen LogP contribution is 2.31. The van der Waals surface area contributed by atoms with Crippen LogP contribution in [0.15, 0.2) is 24.3 Å². The van der Waals surface area contributed by atoms with Gasteiger partial charge >= 0.3 is 0 Å². The topological polar surface area (TPSA) is 84.2 Å². The van der Waals surface area contributed by atoms with E-state index in [1.54, 1.807) is 36.0 Å². The minimum Gasteiger partial charge on any atom is -0.353 e. The van der Waals surface area contributed by atoms with E-state index >= 15 is 0 Å². The monoisotopic (exact) mass is 369 g/mol. The first kappa shape index (κ1) is 19.1. The van der Waals surface area contributed by atoms with Crippen LogP contribution in [-0.4, -0.2) is 42.5 Å². The van der Waals surface area contributed by atoms with Gasteiger partial charge in [-0.25, -0.2) is 0 Å². The molecule has 2 unspecified atom stereocenters. The van der Waals surface area contributed by atoms with Gasteiger partial charge in [-0.2, -0.15) is 11.8 Å². The fraction of sp³-hybridized carbons (Fsp3) is 0.529. The molecule has 1 fully saturated rings. The van der Waals surface area contributed by atoms with Crippen LogP contribution in [-0.2, 0) is 4.79 Å². The zero-order chi connectivity index (χ0) is 17.5. The Morgan fingerprint density at radius 3 is 2.71 bits per heavy atom. The second kappa shape index (κ2) is 9.30. The first-order valence-corrected chi connectivity index (χ1v) is 9.87. The molecule has 24 heavy (non-hydrogen) atoms. The lowest BCUT2D eigenvalue weighted by molar-refractivity contribution is -0.123. The van der Waals surface area contributed by atoms with E-state index in [0.717, 1.165) is 18.6 Å². The number of rotatable bonds is 9. The number of hydrogen-bond donors (Lipinski definition) is 3. The van der Waals surface area contributed by atoms with Gasteiger partial charge in [0, 0.05) is 12.6 Å². The molecule has 7 heteroatoms. The van der Waals surface area contributed by atoms with Crippen LogP contribution in [0.3, 0.4) is 0 Å². The van der Waals surface area contributed by atoms with Crippen molar-refractivity contribution >= 4 is 35.2 Å². The summed E-state index contributed by atoms with van der Waals surface area (Å²) >= 11 is 7.68. The van der Waals surface area contributed by atoms with Gasteiger partial charge in [-0.1, -0.05) is 23.7 Å². The Morgan fingerprint density at radius 1 is 1.38 bits per heavy atom. The molecule has 1 aliphatic carbocycles. The third-order valence-electron chi connectivity index (χ3n) is 4.09. The van der Waals surface area contributed by atoms with Crippen molar-refractivity contribution in [1.29, 1.82) is 0 Å². The summed E-state index contributed by atoms with van der Waals surface area (Å²) in [6.07, 6.45) is 4.79. The van der Waals surface area contributed by atoms with Crippen molar-refractivity contribution in [1.82, 2.24) is 10.6 Å². The second-order valence-electron chi connectivity index (χ2n) is 6.03. The zero-order valence-corrected chi connectivity index (χ0v) is 15.3. The predicted octanol–water partition coefficient (Wildman–Crippen LogP) is 2.04. The molecule has 0 radical (unpaired) electrons. The lowest BCUT2D eigenvalue weighted by Crippen LogP contribution is -2.50. The first-order chi connectivity index (χ1) is 11.5. The van der Waals surface area contributed by atoms with Gasteiger partial charge in [-0.3, -0.25) is 9.59 Å². The Bertz CT molecular complexity index is 581. The molecular weight excluding hydrogens is 346 g/mol. The summed E-state index contributed by atoms with van der Waals surface area (Å²) in [5, 5.41) is 6.02. The van der Waals surface area contributed by atoms with Crippen LogP contribution < -0.4 is 16.4 Å². The van der Waals surface area contributed by atoms with E-state index in [4.69, 9.17) is 17.3 Å². The summed E-state index contributed by atoms with van der Waals surface area (Å²) in [5.74, 6) is 0.761. The summed E-state index contributed by atoms with van der Waals surface area (Å²) < 4.78 is 0. The molecule has 0 saturated heterocycles. The van der Waals surface area contributed by atoms with Gasteiger partial charge < -0.3 is 16.4 Å². The molecular formula is C17H24ClN3O2S. The molecule has 0 bridgehead atoms. The highest BCUT2D eigenvalue weighted by atomic mass is 35.5. The van der Waals surface area contributed by atoms with E-state index in [-0.39, 0.29) is 17.9 Å². The Morgan fingerprint density at radius 2 is 2.08 bits per heavy atom. The van der Waals surface area contributed by atoms with Crippen molar-refractivity contribution in [3.63, 3.8) is 0 Å². The summed E-state index contributed by atoms with van der Waals surface area (Å²) in [5.41, 5.74) is 6.39. The molecule has 5 nitrogen and oxygen atoms in total. The standard InChI is InChI=1S/C17H24ClN3O2S/c1-24-9-8-15(17(23)20-10-14(19)11-6-7-11)21-16(22)12-4-2-3-5-13(12)18/h2-5,11,14-15H,6-10,19H2,1H3,(H,20,23)(H,21,22). The highest BCUT2D eigenvalue weighted by molar-refractivity contribution is 7.98. The van der Waals surface area contributed by atoms with Crippen molar-refractivity contribution < 1.29 is 9.59 Å². The van der Waals surface area contributed by atoms with E-state index in [9.17, 15) is 9.59 Å². The number of thioether (sulfide) groups is 1. The second-order valence-corrected chi connectivity index (χ2v) is 7.43. The van der Waals surface area contributed by atoms with Gasteiger partial charge in [-0.15, -0.1) is 0 Å². The van der Waals surface area contributed by atoms with Gasteiger partial charge in [-0.05, 0) is 49.3 Å². The van der Waals surface area contributed by atoms with Crippen LogP contribution in [0.25, 0.3) is 0 Å². The fourth-order valence-corrected chi connectivity index (χ4v) is 3.11. The Kier molecular flexibility index (Phi) is 7.40. The Hall–Kier alpha value is -1.24. The quantitative estimate of drug-likeness (QED) is 0.622. The van der Waals surface area contributed by atoms with Crippen molar-refractivity contribution in [2.45, 2.75) is 31.3 Å². The van der Waals surface area contributed by atoms with Crippen LogP contribution in [0.5, 0.6) is 0 Å². The van der Waals surface area contributed by atoms with Crippen molar-refractivity contribution in [2.75, 3.05) is 18.6 Å². The molecule has 2 rings (SSSR count). The Labute approximate surface area is 152 Å². The molecule has 0 spiro atoms. The first-order valence-electron chi connectivity index (χ1n) is 8.10. The molecule has 2 atom stereocenters. The summed E-state index contributed by atoms with van der Waals surface area (Å²) in [6.45, 7) is 0.446. The van der Waals surface area contributed by atoms with E-state index < -0.39 is 6.04 Å². The van der Waals surface area contributed by atoms with Gasteiger partial charge in [0.05, 0.1) is 10.6 Å². The normalized spacial score (nSPS) is 16.3. The van der Waals surface area contributed by atoms with Gasteiger partial charge in [0.2, 0.25) is 5.91 Å². The van der Waals surface area contributed by atoms with E-state index in [1.807, 2.05) is 6.26 Å². The van der Waals surface area contributed by atoms with E-state index in [0.29, 0.717) is 29.5 Å². The zero-order valence-electron chi connectivity index (χ0n) is 13.8. The number of amides is 2. The highest BCUT2D eigenvalue weighted by Gasteiger charge is 2.29. The van der Waals surface area contributed by atoms with Crippen molar-refractivity contribution in [3.05, 3.63) is 34.9 Å².